The number of anilines is 1. The molecule has 0 aromatic heterocycles. The average Bonchev–Trinajstić information content (AvgIpc) is 2.82. The topological polar surface area (TPSA) is 76.0 Å². The molecule has 0 unspecified atom stereocenters. The predicted molar refractivity (Wildman–Crippen MR) is 98.3 cm³/mol. The van der Waals surface area contributed by atoms with Crippen molar-refractivity contribution in [2.24, 2.45) is 10.4 Å². The van der Waals surface area contributed by atoms with E-state index in [9.17, 15) is 14.4 Å². The molecule has 0 spiro atoms. The molecule has 1 aliphatic rings. The molecule has 0 aliphatic carbocycles. The number of nitrogens with zero attached hydrogens (tertiary/aromatic N) is 2. The normalized spacial score (nSPS) is 18.1. The molecule has 1 aromatic carbocycles. The molecule has 2 amide bonds. The first kappa shape index (κ1) is 18.9. The standard InChI is InChI=1S/C18H20N2O4S/c1-11-8-6-7-9-12(11)20-15(22)13(10-14(21)24-5)25-17(20)19-16(23)18(2,3)4/h6-10H,1-5H3. The second kappa shape index (κ2) is 7.23. The van der Waals surface area contributed by atoms with Crippen molar-refractivity contribution >= 4 is 40.4 Å². The van der Waals surface area contributed by atoms with Gasteiger partial charge >= 0.3 is 5.97 Å². The number of carbonyl (C=O) groups excluding carboxylic acids is 3. The number of methoxy groups -OCH3 is 1. The van der Waals surface area contributed by atoms with Gasteiger partial charge in [0.1, 0.15) is 0 Å². The molecule has 1 saturated heterocycles. The Bertz CT molecular complexity index is 791. The van der Waals surface area contributed by atoms with E-state index in [4.69, 9.17) is 0 Å². The molecule has 0 N–H and O–H groups in total. The summed E-state index contributed by atoms with van der Waals surface area (Å²) in [6.07, 6.45) is 1.11. The zero-order valence-electron chi connectivity index (χ0n) is 14.8. The number of para-hydroxylation sites is 1. The Labute approximate surface area is 150 Å². The summed E-state index contributed by atoms with van der Waals surface area (Å²) in [7, 11) is 1.24. The zero-order valence-corrected chi connectivity index (χ0v) is 15.6. The lowest BCUT2D eigenvalue weighted by atomic mass is 9.96. The summed E-state index contributed by atoms with van der Waals surface area (Å²) in [5.41, 5.74) is 0.795. The fraction of sp³-hybridized carbons (Fsp3) is 0.333. The highest BCUT2D eigenvalue weighted by Crippen LogP contribution is 2.36. The molecule has 1 aromatic rings. The number of aliphatic imine (C=N–C) groups is 1. The van der Waals surface area contributed by atoms with Gasteiger partial charge in [-0.1, -0.05) is 39.0 Å². The minimum atomic E-state index is -0.678. The number of hydrogen-bond acceptors (Lipinski definition) is 5. The van der Waals surface area contributed by atoms with Crippen LogP contribution in [0.3, 0.4) is 0 Å². The van der Waals surface area contributed by atoms with Gasteiger partial charge < -0.3 is 4.74 Å². The summed E-state index contributed by atoms with van der Waals surface area (Å²) in [6.45, 7) is 7.12. The Hall–Kier alpha value is -2.41. The van der Waals surface area contributed by atoms with E-state index in [0.29, 0.717) is 5.69 Å². The Morgan fingerprint density at radius 3 is 2.44 bits per heavy atom. The second-order valence-electron chi connectivity index (χ2n) is 6.51. The van der Waals surface area contributed by atoms with Gasteiger partial charge in [-0.3, -0.25) is 14.5 Å². The van der Waals surface area contributed by atoms with Crippen molar-refractivity contribution in [3.63, 3.8) is 0 Å². The molecule has 1 heterocycles. The van der Waals surface area contributed by atoms with Crippen molar-refractivity contribution < 1.29 is 19.1 Å². The van der Waals surface area contributed by atoms with Crippen LogP contribution in [0.4, 0.5) is 5.69 Å². The highest BCUT2D eigenvalue weighted by atomic mass is 32.2. The van der Waals surface area contributed by atoms with Crippen molar-refractivity contribution in [2.75, 3.05) is 12.0 Å². The molecule has 0 saturated carbocycles. The summed E-state index contributed by atoms with van der Waals surface area (Å²) in [4.78, 5) is 42.3. The van der Waals surface area contributed by atoms with Crippen LogP contribution in [0.5, 0.6) is 0 Å². The molecule has 0 radical (unpaired) electrons. The van der Waals surface area contributed by atoms with Crippen molar-refractivity contribution in [3.05, 3.63) is 40.8 Å². The molecule has 7 heteroatoms. The van der Waals surface area contributed by atoms with E-state index in [1.165, 1.54) is 12.0 Å². The van der Waals surface area contributed by atoms with Gasteiger partial charge in [-0.25, -0.2) is 4.79 Å². The Morgan fingerprint density at radius 2 is 1.88 bits per heavy atom. The van der Waals surface area contributed by atoms with Gasteiger partial charge in [0.05, 0.1) is 17.7 Å². The number of amidine groups is 1. The van der Waals surface area contributed by atoms with Gasteiger partial charge in [0.2, 0.25) is 0 Å². The van der Waals surface area contributed by atoms with E-state index in [2.05, 4.69) is 9.73 Å². The minimum absolute atomic E-state index is 0.163. The lowest BCUT2D eigenvalue weighted by Crippen LogP contribution is -2.31. The van der Waals surface area contributed by atoms with Crippen LogP contribution in [0.15, 0.2) is 40.2 Å². The number of hydrogen-bond donors (Lipinski definition) is 0. The lowest BCUT2D eigenvalue weighted by Gasteiger charge is -2.19. The quantitative estimate of drug-likeness (QED) is 0.598. The summed E-state index contributed by atoms with van der Waals surface area (Å²) < 4.78 is 4.59. The SMILES string of the molecule is COC(=O)C=C1SC(=NC(=O)C(C)(C)C)N(c2ccccc2C)C1=O. The third-order valence-corrected chi connectivity index (χ3v) is 4.42. The minimum Gasteiger partial charge on any atom is -0.466 e. The van der Waals surface area contributed by atoms with Crippen LogP contribution in [0.1, 0.15) is 26.3 Å². The van der Waals surface area contributed by atoms with E-state index in [0.717, 1.165) is 23.4 Å². The van der Waals surface area contributed by atoms with Crippen LogP contribution >= 0.6 is 11.8 Å². The number of benzene rings is 1. The predicted octanol–water partition coefficient (Wildman–Crippen LogP) is 3.06. The lowest BCUT2D eigenvalue weighted by molar-refractivity contribution is -0.135. The molecule has 25 heavy (non-hydrogen) atoms. The maximum Gasteiger partial charge on any atom is 0.331 e. The third kappa shape index (κ3) is 4.17. The Kier molecular flexibility index (Phi) is 5.47. The van der Waals surface area contributed by atoms with Gasteiger partial charge in [-0.15, -0.1) is 0 Å². The first-order chi connectivity index (χ1) is 11.6. The molecule has 1 fully saturated rings. The summed E-state index contributed by atoms with van der Waals surface area (Å²) >= 11 is 0.984. The molecule has 132 valence electrons. The second-order valence-corrected chi connectivity index (χ2v) is 7.52. The van der Waals surface area contributed by atoms with E-state index < -0.39 is 17.3 Å². The fourth-order valence-corrected chi connectivity index (χ4v) is 2.93. The first-order valence-electron chi connectivity index (χ1n) is 7.66. The molecule has 0 atom stereocenters. The fourth-order valence-electron chi connectivity index (χ4n) is 2.00. The highest BCUT2D eigenvalue weighted by molar-refractivity contribution is 8.19. The monoisotopic (exact) mass is 360 g/mol. The van der Waals surface area contributed by atoms with Gasteiger partial charge in [-0.05, 0) is 30.3 Å². The van der Waals surface area contributed by atoms with Crippen LogP contribution in [0.25, 0.3) is 0 Å². The van der Waals surface area contributed by atoms with E-state index in [1.54, 1.807) is 32.9 Å². The number of amides is 2. The van der Waals surface area contributed by atoms with Crippen molar-refractivity contribution in [1.29, 1.82) is 0 Å². The van der Waals surface area contributed by atoms with Crippen LogP contribution in [-0.2, 0) is 19.1 Å². The summed E-state index contributed by atoms with van der Waals surface area (Å²) in [5, 5.41) is 0.231. The highest BCUT2D eigenvalue weighted by Gasteiger charge is 2.37. The molecule has 1 aliphatic heterocycles. The maximum absolute atomic E-state index is 12.8. The van der Waals surface area contributed by atoms with Crippen molar-refractivity contribution in [2.45, 2.75) is 27.7 Å². The van der Waals surface area contributed by atoms with Gasteiger partial charge in [0.25, 0.3) is 11.8 Å². The molecular weight excluding hydrogens is 340 g/mol. The molecule has 6 nitrogen and oxygen atoms in total. The van der Waals surface area contributed by atoms with Crippen LogP contribution in [0.2, 0.25) is 0 Å². The number of esters is 1. The van der Waals surface area contributed by atoms with Crippen molar-refractivity contribution in [3.8, 4) is 0 Å². The Morgan fingerprint density at radius 1 is 1.24 bits per heavy atom. The summed E-state index contributed by atoms with van der Waals surface area (Å²) in [6, 6.07) is 7.28. The molecular formula is C18H20N2O4S. The van der Waals surface area contributed by atoms with Gasteiger partial charge in [-0.2, -0.15) is 4.99 Å². The van der Waals surface area contributed by atoms with Crippen LogP contribution in [0, 0.1) is 12.3 Å². The van der Waals surface area contributed by atoms with E-state index in [1.807, 2.05) is 19.1 Å². The first-order valence-corrected chi connectivity index (χ1v) is 8.47. The smallest absolute Gasteiger partial charge is 0.331 e. The average molecular weight is 360 g/mol. The number of rotatable bonds is 2. The third-order valence-electron chi connectivity index (χ3n) is 3.45. The van der Waals surface area contributed by atoms with E-state index in [-0.39, 0.29) is 16.0 Å². The van der Waals surface area contributed by atoms with Crippen LogP contribution in [-0.4, -0.2) is 30.1 Å². The molecule has 2 rings (SSSR count). The van der Waals surface area contributed by atoms with Crippen molar-refractivity contribution in [1.82, 2.24) is 0 Å². The van der Waals surface area contributed by atoms with E-state index >= 15 is 0 Å². The van der Waals surface area contributed by atoms with Gasteiger partial charge in [0.15, 0.2) is 5.17 Å². The molecule has 0 bridgehead atoms. The Balaban J connectivity index is 2.55. The largest absolute Gasteiger partial charge is 0.466 e. The van der Waals surface area contributed by atoms with Gasteiger partial charge in [0, 0.05) is 11.5 Å². The number of ether oxygens (including phenoxy) is 1. The number of carbonyl (C=O) groups is 3. The summed E-state index contributed by atoms with van der Waals surface area (Å²) in [5.74, 6) is -1.39. The van der Waals surface area contributed by atoms with Crippen LogP contribution < -0.4 is 4.90 Å². The maximum atomic E-state index is 12.8. The number of aryl methyl sites for hydroxylation is 1. The number of thioether (sulfide) groups is 1. The zero-order chi connectivity index (χ0) is 18.8.